The SMILES string of the molecule is O=C(NC12CC3CC(CC(C3)C1)C2)c1c[nH]c(=O)n(Cc2ccco2)c1=O. The fraction of sp³-hybridized carbons (Fsp3) is 0.550. The van der Waals surface area contributed by atoms with Gasteiger partial charge in [0.2, 0.25) is 0 Å². The highest BCUT2D eigenvalue weighted by atomic mass is 16.3. The third-order valence-electron chi connectivity index (χ3n) is 6.62. The van der Waals surface area contributed by atoms with Crippen LogP contribution in [0.5, 0.6) is 0 Å². The topological polar surface area (TPSA) is 97.1 Å². The van der Waals surface area contributed by atoms with Crippen LogP contribution in [0.3, 0.4) is 0 Å². The first-order valence-electron chi connectivity index (χ1n) is 9.69. The van der Waals surface area contributed by atoms with Crippen molar-refractivity contribution >= 4 is 5.91 Å². The molecule has 0 aromatic carbocycles. The lowest BCUT2D eigenvalue weighted by atomic mass is 9.53. The van der Waals surface area contributed by atoms with Crippen LogP contribution >= 0.6 is 0 Å². The second-order valence-electron chi connectivity index (χ2n) is 8.63. The van der Waals surface area contributed by atoms with Crippen molar-refractivity contribution in [3.8, 4) is 0 Å². The van der Waals surface area contributed by atoms with E-state index >= 15 is 0 Å². The predicted molar refractivity (Wildman–Crippen MR) is 97.5 cm³/mol. The zero-order valence-electron chi connectivity index (χ0n) is 15.1. The molecule has 2 aromatic rings. The van der Waals surface area contributed by atoms with Gasteiger partial charge in [0.25, 0.3) is 11.5 Å². The van der Waals surface area contributed by atoms with E-state index in [1.165, 1.54) is 31.7 Å². The van der Waals surface area contributed by atoms with Crippen LogP contribution in [-0.2, 0) is 6.54 Å². The summed E-state index contributed by atoms with van der Waals surface area (Å²) in [5.74, 6) is 2.20. The van der Waals surface area contributed by atoms with Crippen molar-refractivity contribution in [2.24, 2.45) is 17.8 Å². The van der Waals surface area contributed by atoms with Crippen molar-refractivity contribution in [2.75, 3.05) is 0 Å². The van der Waals surface area contributed by atoms with Crippen LogP contribution < -0.4 is 16.6 Å². The Hall–Kier alpha value is -2.57. The average molecular weight is 369 g/mol. The molecule has 0 saturated heterocycles. The Morgan fingerprint density at radius 3 is 2.44 bits per heavy atom. The third-order valence-corrected chi connectivity index (χ3v) is 6.62. The second-order valence-corrected chi connectivity index (χ2v) is 8.63. The van der Waals surface area contributed by atoms with Crippen molar-refractivity contribution in [3.63, 3.8) is 0 Å². The quantitative estimate of drug-likeness (QED) is 0.860. The molecule has 0 aliphatic heterocycles. The number of H-pyrrole nitrogens is 1. The Morgan fingerprint density at radius 2 is 1.85 bits per heavy atom. The molecule has 4 fully saturated rings. The Balaban J connectivity index is 1.42. The number of hydrogen-bond donors (Lipinski definition) is 2. The van der Waals surface area contributed by atoms with E-state index in [2.05, 4.69) is 10.3 Å². The van der Waals surface area contributed by atoms with Gasteiger partial charge in [-0.3, -0.25) is 14.2 Å². The zero-order valence-corrected chi connectivity index (χ0v) is 15.1. The summed E-state index contributed by atoms with van der Waals surface area (Å²) >= 11 is 0. The minimum atomic E-state index is -0.586. The van der Waals surface area contributed by atoms with Gasteiger partial charge >= 0.3 is 5.69 Å². The third kappa shape index (κ3) is 2.85. The van der Waals surface area contributed by atoms with Crippen LogP contribution in [0, 0.1) is 17.8 Å². The van der Waals surface area contributed by atoms with Crippen molar-refractivity contribution in [1.29, 1.82) is 0 Å². The lowest BCUT2D eigenvalue weighted by Crippen LogP contribution is -2.60. The number of amides is 1. The lowest BCUT2D eigenvalue weighted by molar-refractivity contribution is -0.0167. The summed E-state index contributed by atoms with van der Waals surface area (Å²) in [6.07, 6.45) is 9.59. The van der Waals surface area contributed by atoms with E-state index in [4.69, 9.17) is 4.42 Å². The minimum absolute atomic E-state index is 0.000345. The van der Waals surface area contributed by atoms with Gasteiger partial charge in [-0.05, 0) is 68.4 Å². The first kappa shape index (κ1) is 16.6. The van der Waals surface area contributed by atoms with E-state index in [1.54, 1.807) is 12.1 Å². The first-order valence-corrected chi connectivity index (χ1v) is 9.69. The summed E-state index contributed by atoms with van der Waals surface area (Å²) < 4.78 is 6.23. The van der Waals surface area contributed by atoms with Crippen LogP contribution in [0.1, 0.15) is 54.6 Å². The van der Waals surface area contributed by atoms with Crippen LogP contribution in [0.15, 0.2) is 38.6 Å². The highest BCUT2D eigenvalue weighted by Gasteiger charge is 2.51. The molecule has 4 aliphatic carbocycles. The van der Waals surface area contributed by atoms with E-state index in [9.17, 15) is 14.4 Å². The second kappa shape index (κ2) is 5.97. The average Bonchev–Trinajstić information content (AvgIpc) is 3.10. The van der Waals surface area contributed by atoms with E-state index in [1.807, 2.05) is 0 Å². The fourth-order valence-electron chi connectivity index (χ4n) is 5.95. The van der Waals surface area contributed by atoms with Crippen LogP contribution in [0.25, 0.3) is 0 Å². The van der Waals surface area contributed by atoms with E-state index in [-0.39, 0.29) is 23.6 Å². The van der Waals surface area contributed by atoms with Crippen molar-refractivity contribution < 1.29 is 9.21 Å². The molecule has 1 amide bonds. The highest BCUT2D eigenvalue weighted by Crippen LogP contribution is 2.55. The number of carbonyl (C=O) groups is 1. The monoisotopic (exact) mass is 369 g/mol. The molecule has 2 N–H and O–H groups in total. The van der Waals surface area contributed by atoms with Gasteiger partial charge in [-0.15, -0.1) is 0 Å². The van der Waals surface area contributed by atoms with Gasteiger partial charge < -0.3 is 14.7 Å². The maximum Gasteiger partial charge on any atom is 0.328 e. The molecule has 27 heavy (non-hydrogen) atoms. The molecule has 0 radical (unpaired) electrons. The Kier molecular flexibility index (Phi) is 3.67. The number of rotatable bonds is 4. The molecule has 0 atom stereocenters. The number of aromatic nitrogens is 2. The molecule has 142 valence electrons. The molecule has 6 rings (SSSR count). The predicted octanol–water partition coefficient (Wildman–Crippen LogP) is 1.88. The molecule has 7 nitrogen and oxygen atoms in total. The maximum atomic E-state index is 12.9. The highest BCUT2D eigenvalue weighted by molar-refractivity contribution is 5.94. The molecule has 2 aromatic heterocycles. The van der Waals surface area contributed by atoms with Crippen LogP contribution in [0.4, 0.5) is 0 Å². The summed E-state index contributed by atoms with van der Waals surface area (Å²) in [5, 5.41) is 3.19. The molecule has 4 saturated carbocycles. The zero-order chi connectivity index (χ0) is 18.6. The summed E-state index contributed by atoms with van der Waals surface area (Å²) in [4.78, 5) is 40.3. The fourth-order valence-corrected chi connectivity index (χ4v) is 5.95. The van der Waals surface area contributed by atoms with Gasteiger partial charge in [-0.1, -0.05) is 0 Å². The summed E-state index contributed by atoms with van der Waals surface area (Å²) in [6, 6.07) is 3.38. The smallest absolute Gasteiger partial charge is 0.328 e. The molecule has 4 aliphatic rings. The molecule has 4 bridgehead atoms. The number of furan rings is 1. The molecule has 0 spiro atoms. The minimum Gasteiger partial charge on any atom is -0.467 e. The molecular weight excluding hydrogens is 346 g/mol. The largest absolute Gasteiger partial charge is 0.467 e. The van der Waals surface area contributed by atoms with Gasteiger partial charge in [0.15, 0.2) is 0 Å². The Labute approximate surface area is 155 Å². The van der Waals surface area contributed by atoms with Crippen molar-refractivity contribution in [2.45, 2.75) is 50.6 Å². The van der Waals surface area contributed by atoms with E-state index < -0.39 is 11.2 Å². The van der Waals surface area contributed by atoms with Crippen molar-refractivity contribution in [3.05, 3.63) is 56.8 Å². The molecular formula is C20H23N3O4. The van der Waals surface area contributed by atoms with Gasteiger partial charge in [0.05, 0.1) is 12.8 Å². The Bertz CT molecular complexity index is 950. The number of aromatic amines is 1. The number of nitrogens with zero attached hydrogens (tertiary/aromatic N) is 1. The van der Waals surface area contributed by atoms with E-state index in [0.29, 0.717) is 23.5 Å². The Morgan fingerprint density at radius 1 is 1.19 bits per heavy atom. The lowest BCUT2D eigenvalue weighted by Gasteiger charge is -2.56. The number of nitrogens with one attached hydrogen (secondary N) is 2. The van der Waals surface area contributed by atoms with Crippen LogP contribution in [-0.4, -0.2) is 21.0 Å². The molecule has 7 heteroatoms. The van der Waals surface area contributed by atoms with Crippen LogP contribution in [0.2, 0.25) is 0 Å². The first-order chi connectivity index (χ1) is 13.0. The van der Waals surface area contributed by atoms with Gasteiger partial charge in [0, 0.05) is 11.7 Å². The maximum absolute atomic E-state index is 12.9. The van der Waals surface area contributed by atoms with Gasteiger partial charge in [-0.25, -0.2) is 4.79 Å². The van der Waals surface area contributed by atoms with Gasteiger partial charge in [0.1, 0.15) is 11.3 Å². The molecule has 2 heterocycles. The molecule has 0 unspecified atom stereocenters. The normalized spacial score (nSPS) is 31.2. The number of carbonyl (C=O) groups excluding carboxylic acids is 1. The van der Waals surface area contributed by atoms with Crippen molar-refractivity contribution in [1.82, 2.24) is 14.9 Å². The van der Waals surface area contributed by atoms with E-state index in [0.717, 1.165) is 23.8 Å². The number of hydrogen-bond acceptors (Lipinski definition) is 4. The van der Waals surface area contributed by atoms with Gasteiger partial charge in [-0.2, -0.15) is 0 Å². The summed E-state index contributed by atoms with van der Waals surface area (Å²) in [7, 11) is 0. The summed E-state index contributed by atoms with van der Waals surface area (Å²) in [5.41, 5.74) is -1.34. The standard InChI is InChI=1S/C20H23N3O4/c24-17(22-20-7-12-4-13(8-20)6-14(5-12)9-20)16-10-21-19(26)23(18(16)25)11-15-2-1-3-27-15/h1-3,10,12-14H,4-9,11H2,(H,21,26)(H,22,24). The summed E-state index contributed by atoms with van der Waals surface area (Å²) in [6.45, 7) is -0.000345.